The quantitative estimate of drug-likeness (QED) is 0.781. The molecule has 2 heterocycles. The molecule has 3 atom stereocenters. The molecule has 0 radical (unpaired) electrons. The van der Waals surface area contributed by atoms with Gasteiger partial charge in [-0.1, -0.05) is 45.0 Å². The Bertz CT molecular complexity index is 903. The van der Waals surface area contributed by atoms with E-state index in [4.69, 9.17) is 5.73 Å². The highest BCUT2D eigenvalue weighted by molar-refractivity contribution is 5.91. The molecule has 1 aliphatic rings. The lowest BCUT2D eigenvalue weighted by Crippen LogP contribution is -2.56. The molecule has 0 spiro atoms. The van der Waals surface area contributed by atoms with Gasteiger partial charge in [0.15, 0.2) is 0 Å². The number of carbonyl (C=O) groups is 2. The van der Waals surface area contributed by atoms with E-state index >= 15 is 0 Å². The molecule has 0 bridgehead atoms. The first-order valence-corrected chi connectivity index (χ1v) is 10.1. The Balaban J connectivity index is 1.64. The van der Waals surface area contributed by atoms with Gasteiger partial charge < -0.3 is 16.0 Å². The molecule has 30 heavy (non-hydrogen) atoms. The van der Waals surface area contributed by atoms with E-state index in [1.54, 1.807) is 10.9 Å². The minimum absolute atomic E-state index is 0.139. The number of halogens is 1. The standard InChI is InChI=1S/C22H30FN5O2/c1-22(2,3)19(24)21(30)28-12-10-16(23)18(28)20(29)25-13-14-5-7-15(8-6-14)17-9-11-26-27(17)4/h5-9,11,16,18-19H,10,12-13,24H2,1-4H3,(H,25,29). The summed E-state index contributed by atoms with van der Waals surface area (Å²) in [6.45, 7) is 6.00. The van der Waals surface area contributed by atoms with Crippen molar-refractivity contribution in [3.63, 3.8) is 0 Å². The average Bonchev–Trinajstić information content (AvgIpc) is 3.30. The molecule has 1 fully saturated rings. The summed E-state index contributed by atoms with van der Waals surface area (Å²) in [5.74, 6) is -0.881. The van der Waals surface area contributed by atoms with Crippen LogP contribution in [0.3, 0.4) is 0 Å². The van der Waals surface area contributed by atoms with Gasteiger partial charge in [-0.05, 0) is 29.0 Å². The number of benzene rings is 1. The summed E-state index contributed by atoms with van der Waals surface area (Å²) in [7, 11) is 1.87. The van der Waals surface area contributed by atoms with E-state index in [9.17, 15) is 14.0 Å². The molecule has 2 amide bonds. The zero-order valence-corrected chi connectivity index (χ0v) is 17.9. The number of aryl methyl sites for hydroxylation is 1. The summed E-state index contributed by atoms with van der Waals surface area (Å²) < 4.78 is 16.3. The molecular weight excluding hydrogens is 385 g/mol. The van der Waals surface area contributed by atoms with Gasteiger partial charge >= 0.3 is 0 Å². The van der Waals surface area contributed by atoms with E-state index in [0.29, 0.717) is 0 Å². The van der Waals surface area contributed by atoms with E-state index in [0.717, 1.165) is 16.8 Å². The molecule has 3 unspecified atom stereocenters. The van der Waals surface area contributed by atoms with Crippen LogP contribution in [0.1, 0.15) is 32.8 Å². The SMILES string of the molecule is Cn1nccc1-c1ccc(CNC(=O)C2C(F)CCN2C(=O)C(N)C(C)(C)C)cc1. The van der Waals surface area contributed by atoms with Crippen LogP contribution < -0.4 is 11.1 Å². The molecule has 0 saturated carbocycles. The van der Waals surface area contributed by atoms with Crippen molar-refractivity contribution >= 4 is 11.8 Å². The number of aromatic nitrogens is 2. The molecule has 1 aromatic heterocycles. The zero-order chi connectivity index (χ0) is 22.1. The average molecular weight is 416 g/mol. The summed E-state index contributed by atoms with van der Waals surface area (Å²) in [6.07, 6.45) is 0.477. The van der Waals surface area contributed by atoms with Gasteiger partial charge in [0, 0.05) is 26.3 Å². The van der Waals surface area contributed by atoms with Crippen LogP contribution in [0.25, 0.3) is 11.3 Å². The normalized spacial score (nSPS) is 20.3. The molecule has 3 N–H and O–H groups in total. The summed E-state index contributed by atoms with van der Waals surface area (Å²) in [4.78, 5) is 26.8. The van der Waals surface area contributed by atoms with Crippen molar-refractivity contribution in [1.29, 1.82) is 0 Å². The van der Waals surface area contributed by atoms with Crippen LogP contribution in [0.4, 0.5) is 4.39 Å². The van der Waals surface area contributed by atoms with E-state index in [1.807, 2.05) is 58.2 Å². The number of likely N-dealkylation sites (tertiary alicyclic amines) is 1. The lowest BCUT2D eigenvalue weighted by atomic mass is 9.86. The molecule has 1 saturated heterocycles. The van der Waals surface area contributed by atoms with Crippen LogP contribution in [-0.2, 0) is 23.2 Å². The van der Waals surface area contributed by atoms with Crippen molar-refractivity contribution in [3.8, 4) is 11.3 Å². The van der Waals surface area contributed by atoms with Crippen LogP contribution in [0, 0.1) is 5.41 Å². The molecular formula is C22H30FN5O2. The fraction of sp³-hybridized carbons (Fsp3) is 0.500. The maximum absolute atomic E-state index is 14.5. The molecule has 7 nitrogen and oxygen atoms in total. The summed E-state index contributed by atoms with van der Waals surface area (Å²) in [6, 6.07) is 7.70. The predicted octanol–water partition coefficient (Wildman–Crippen LogP) is 2.02. The largest absolute Gasteiger partial charge is 0.350 e. The predicted molar refractivity (Wildman–Crippen MR) is 113 cm³/mol. The van der Waals surface area contributed by atoms with E-state index in [1.165, 1.54) is 4.90 Å². The number of alkyl halides is 1. The van der Waals surface area contributed by atoms with Gasteiger partial charge in [-0.25, -0.2) is 4.39 Å². The Labute approximate surface area is 176 Å². The Morgan fingerprint density at radius 1 is 1.27 bits per heavy atom. The summed E-state index contributed by atoms with van der Waals surface area (Å²) in [5, 5.41) is 6.93. The van der Waals surface area contributed by atoms with Gasteiger partial charge in [-0.3, -0.25) is 14.3 Å². The number of amides is 2. The summed E-state index contributed by atoms with van der Waals surface area (Å²) >= 11 is 0. The third-order valence-electron chi connectivity index (χ3n) is 5.61. The molecule has 8 heteroatoms. The smallest absolute Gasteiger partial charge is 0.246 e. The van der Waals surface area contributed by atoms with Crippen molar-refractivity contribution in [2.45, 2.75) is 52.0 Å². The number of hydrogen-bond donors (Lipinski definition) is 2. The fourth-order valence-corrected chi connectivity index (χ4v) is 3.60. The first-order chi connectivity index (χ1) is 14.1. The summed E-state index contributed by atoms with van der Waals surface area (Å²) in [5.41, 5.74) is 8.47. The Kier molecular flexibility index (Phi) is 6.26. The van der Waals surface area contributed by atoms with Gasteiger partial charge in [0.1, 0.15) is 12.2 Å². The van der Waals surface area contributed by atoms with Crippen molar-refractivity contribution < 1.29 is 14.0 Å². The van der Waals surface area contributed by atoms with Crippen LogP contribution >= 0.6 is 0 Å². The maximum atomic E-state index is 14.5. The zero-order valence-electron chi connectivity index (χ0n) is 17.9. The molecule has 2 aromatic rings. The molecule has 162 valence electrons. The highest BCUT2D eigenvalue weighted by Crippen LogP contribution is 2.26. The fourth-order valence-electron chi connectivity index (χ4n) is 3.60. The van der Waals surface area contributed by atoms with Crippen molar-refractivity contribution in [3.05, 3.63) is 42.1 Å². The van der Waals surface area contributed by atoms with Crippen molar-refractivity contribution in [2.24, 2.45) is 18.2 Å². The Hall–Kier alpha value is -2.74. The second-order valence-electron chi connectivity index (χ2n) is 8.88. The van der Waals surface area contributed by atoms with Crippen LogP contribution in [0.5, 0.6) is 0 Å². The van der Waals surface area contributed by atoms with Crippen LogP contribution in [0.2, 0.25) is 0 Å². The highest BCUT2D eigenvalue weighted by atomic mass is 19.1. The first kappa shape index (κ1) is 22.0. The number of nitrogens with two attached hydrogens (primary N) is 1. The lowest BCUT2D eigenvalue weighted by molar-refractivity contribution is -0.142. The first-order valence-electron chi connectivity index (χ1n) is 10.1. The molecule has 3 rings (SSSR count). The molecule has 1 aromatic carbocycles. The second kappa shape index (κ2) is 8.55. The Morgan fingerprint density at radius 2 is 1.93 bits per heavy atom. The lowest BCUT2D eigenvalue weighted by Gasteiger charge is -2.32. The Morgan fingerprint density at radius 3 is 2.50 bits per heavy atom. The maximum Gasteiger partial charge on any atom is 0.246 e. The van der Waals surface area contributed by atoms with Crippen LogP contribution in [-0.4, -0.2) is 51.3 Å². The second-order valence-corrected chi connectivity index (χ2v) is 8.88. The monoisotopic (exact) mass is 415 g/mol. The minimum atomic E-state index is -1.40. The number of nitrogens with zero attached hydrogens (tertiary/aromatic N) is 3. The third kappa shape index (κ3) is 4.53. The minimum Gasteiger partial charge on any atom is -0.350 e. The molecule has 1 aliphatic heterocycles. The van der Waals surface area contributed by atoms with Gasteiger partial charge in [0.25, 0.3) is 0 Å². The van der Waals surface area contributed by atoms with Crippen LogP contribution in [0.15, 0.2) is 36.5 Å². The number of rotatable bonds is 5. The van der Waals surface area contributed by atoms with Gasteiger partial charge in [-0.15, -0.1) is 0 Å². The highest BCUT2D eigenvalue weighted by Gasteiger charge is 2.45. The van der Waals surface area contributed by atoms with Crippen molar-refractivity contribution in [1.82, 2.24) is 20.0 Å². The van der Waals surface area contributed by atoms with E-state index < -0.39 is 29.6 Å². The number of hydrogen-bond acceptors (Lipinski definition) is 4. The van der Waals surface area contributed by atoms with Gasteiger partial charge in [0.05, 0.1) is 11.7 Å². The van der Waals surface area contributed by atoms with Crippen molar-refractivity contribution in [2.75, 3.05) is 6.54 Å². The third-order valence-corrected chi connectivity index (χ3v) is 5.61. The van der Waals surface area contributed by atoms with E-state index in [-0.39, 0.29) is 25.4 Å². The van der Waals surface area contributed by atoms with E-state index in [2.05, 4.69) is 10.4 Å². The van der Waals surface area contributed by atoms with Gasteiger partial charge in [-0.2, -0.15) is 5.10 Å². The number of nitrogens with one attached hydrogen (secondary N) is 1. The van der Waals surface area contributed by atoms with Gasteiger partial charge in [0.2, 0.25) is 11.8 Å². The molecule has 0 aliphatic carbocycles. The topological polar surface area (TPSA) is 93.2 Å². The number of carbonyl (C=O) groups excluding carboxylic acids is 2.